The van der Waals surface area contributed by atoms with Gasteiger partial charge in [0.05, 0.1) is 51.9 Å². The van der Waals surface area contributed by atoms with Crippen molar-refractivity contribution in [2.75, 3.05) is 32.8 Å². The quantitative estimate of drug-likeness (QED) is 0.662. The van der Waals surface area contributed by atoms with Gasteiger partial charge >= 0.3 is 12.2 Å². The van der Waals surface area contributed by atoms with Gasteiger partial charge < -0.3 is 18.9 Å². The molecule has 2 amide bonds. The molecule has 0 unspecified atom stereocenters. The third-order valence-corrected chi connectivity index (χ3v) is 5.46. The highest BCUT2D eigenvalue weighted by Gasteiger charge is 2.40. The topological polar surface area (TPSA) is 90.4 Å². The average molecular weight is 444 g/mol. The number of pyridine rings is 1. The molecule has 9 heteroatoms. The predicted octanol–water partition coefficient (Wildman–Crippen LogP) is 4.16. The smallest absolute Gasteiger partial charge is 0.414 e. The fourth-order valence-electron chi connectivity index (χ4n) is 4.00. The summed E-state index contributed by atoms with van der Waals surface area (Å²) in [7, 11) is 4.42. The van der Waals surface area contributed by atoms with Crippen molar-refractivity contribution in [3.8, 4) is 11.5 Å². The minimum Gasteiger partial charge on any atom is -0.493 e. The summed E-state index contributed by atoms with van der Waals surface area (Å²) in [5.74, 6) is 0.972. The van der Waals surface area contributed by atoms with Gasteiger partial charge in [-0.05, 0) is 38.5 Å². The van der Waals surface area contributed by atoms with E-state index in [9.17, 15) is 9.59 Å². The number of rotatable bonds is 6. The first-order valence-corrected chi connectivity index (χ1v) is 10.4. The number of fused-ring (bicyclic) bond motifs is 1. The molecule has 0 saturated heterocycles. The van der Waals surface area contributed by atoms with E-state index in [-0.39, 0.29) is 25.2 Å². The van der Waals surface area contributed by atoms with Crippen LogP contribution in [0.5, 0.6) is 11.5 Å². The van der Waals surface area contributed by atoms with Crippen molar-refractivity contribution in [3.05, 3.63) is 47.8 Å². The van der Waals surface area contributed by atoms with Crippen LogP contribution in [0.1, 0.15) is 37.6 Å². The summed E-state index contributed by atoms with van der Waals surface area (Å²) in [6.45, 7) is 4.18. The minimum atomic E-state index is -0.488. The van der Waals surface area contributed by atoms with E-state index < -0.39 is 12.2 Å². The van der Waals surface area contributed by atoms with E-state index in [1.807, 2.05) is 25.1 Å². The zero-order valence-electron chi connectivity index (χ0n) is 19.0. The lowest BCUT2D eigenvalue weighted by Crippen LogP contribution is -2.47. The molecule has 172 valence electrons. The largest absolute Gasteiger partial charge is 0.493 e. The zero-order valence-corrected chi connectivity index (χ0v) is 19.0. The van der Waals surface area contributed by atoms with Gasteiger partial charge in [-0.15, -0.1) is 0 Å². The lowest BCUT2D eigenvalue weighted by molar-refractivity contribution is 0.0934. The van der Waals surface area contributed by atoms with Crippen molar-refractivity contribution in [1.82, 2.24) is 9.88 Å². The van der Waals surface area contributed by atoms with E-state index in [1.165, 1.54) is 14.2 Å². The number of carbonyl (C=O) groups is 2. The maximum absolute atomic E-state index is 12.8. The van der Waals surface area contributed by atoms with Crippen LogP contribution >= 0.6 is 0 Å². The SMILES string of the molecule is CCOC(=O)N1c2cc(OC)c(OC)cc2[C@H](N(Cc2ccccn2)C(=O)OC)C[C@@H]1C. The molecule has 0 saturated carbocycles. The van der Waals surface area contributed by atoms with Crippen LogP contribution in [0.4, 0.5) is 15.3 Å². The fourth-order valence-corrected chi connectivity index (χ4v) is 4.00. The Morgan fingerprint density at radius 3 is 2.47 bits per heavy atom. The van der Waals surface area contributed by atoms with Crippen molar-refractivity contribution in [2.45, 2.75) is 38.9 Å². The molecule has 1 aromatic carbocycles. The van der Waals surface area contributed by atoms with Crippen LogP contribution < -0.4 is 14.4 Å². The summed E-state index contributed by atoms with van der Waals surface area (Å²) < 4.78 is 21.4. The number of aromatic nitrogens is 1. The van der Waals surface area contributed by atoms with Gasteiger partial charge in [0, 0.05) is 23.9 Å². The summed E-state index contributed by atoms with van der Waals surface area (Å²) in [5.41, 5.74) is 2.05. The number of benzene rings is 1. The molecule has 0 bridgehead atoms. The first-order valence-electron chi connectivity index (χ1n) is 10.4. The van der Waals surface area contributed by atoms with Gasteiger partial charge in [-0.3, -0.25) is 14.8 Å². The second kappa shape index (κ2) is 10.2. The Hall–Kier alpha value is -3.49. The van der Waals surface area contributed by atoms with E-state index in [0.29, 0.717) is 23.6 Å². The molecule has 2 heterocycles. The third-order valence-electron chi connectivity index (χ3n) is 5.46. The fraction of sp³-hybridized carbons (Fsp3) is 0.435. The van der Waals surface area contributed by atoms with Crippen LogP contribution in [0.25, 0.3) is 0 Å². The van der Waals surface area contributed by atoms with Gasteiger partial charge in [-0.25, -0.2) is 9.59 Å². The lowest BCUT2D eigenvalue weighted by atomic mass is 9.90. The van der Waals surface area contributed by atoms with Crippen LogP contribution in [-0.4, -0.2) is 56.0 Å². The highest BCUT2D eigenvalue weighted by atomic mass is 16.6. The zero-order chi connectivity index (χ0) is 23.3. The Bertz CT molecular complexity index is 952. The molecule has 0 spiro atoms. The number of nitrogens with zero attached hydrogens (tertiary/aromatic N) is 3. The van der Waals surface area contributed by atoms with Crippen molar-refractivity contribution >= 4 is 17.9 Å². The van der Waals surface area contributed by atoms with Crippen LogP contribution in [0.15, 0.2) is 36.5 Å². The Labute approximate surface area is 187 Å². The van der Waals surface area contributed by atoms with Crippen LogP contribution in [-0.2, 0) is 16.0 Å². The Morgan fingerprint density at radius 2 is 1.88 bits per heavy atom. The minimum absolute atomic E-state index is 0.248. The Morgan fingerprint density at radius 1 is 1.16 bits per heavy atom. The normalized spacial score (nSPS) is 17.2. The first-order chi connectivity index (χ1) is 15.4. The molecule has 2 aromatic rings. The highest BCUT2D eigenvalue weighted by Crippen LogP contribution is 2.46. The molecule has 1 aliphatic rings. The van der Waals surface area contributed by atoms with Gasteiger partial charge in [0.1, 0.15) is 0 Å². The lowest BCUT2D eigenvalue weighted by Gasteiger charge is -2.42. The van der Waals surface area contributed by atoms with Gasteiger partial charge in [0.15, 0.2) is 11.5 Å². The Kier molecular flexibility index (Phi) is 7.40. The number of carbonyl (C=O) groups excluding carboxylic acids is 2. The predicted molar refractivity (Wildman–Crippen MR) is 118 cm³/mol. The number of hydrogen-bond donors (Lipinski definition) is 0. The molecule has 1 aliphatic heterocycles. The second-order valence-corrected chi connectivity index (χ2v) is 7.35. The summed E-state index contributed by atoms with van der Waals surface area (Å²) in [5, 5.41) is 0. The molecule has 1 aromatic heterocycles. The molecular formula is C23H29N3O6. The van der Waals surface area contributed by atoms with Gasteiger partial charge in [-0.2, -0.15) is 0 Å². The first kappa shape index (κ1) is 23.2. The second-order valence-electron chi connectivity index (χ2n) is 7.35. The van der Waals surface area contributed by atoms with Crippen LogP contribution in [0.2, 0.25) is 0 Å². The molecule has 9 nitrogen and oxygen atoms in total. The van der Waals surface area contributed by atoms with E-state index in [2.05, 4.69) is 4.98 Å². The van der Waals surface area contributed by atoms with Gasteiger partial charge in [0.2, 0.25) is 0 Å². The van der Waals surface area contributed by atoms with Crippen molar-refractivity contribution in [2.24, 2.45) is 0 Å². The number of ether oxygens (including phenoxy) is 4. The number of methoxy groups -OCH3 is 3. The van der Waals surface area contributed by atoms with E-state index >= 15 is 0 Å². The standard InChI is InChI=1S/C23H29N3O6/c1-6-32-23(28)26-15(2)11-18(17-12-20(29-3)21(30-4)13-19(17)26)25(22(27)31-5)14-16-9-7-8-10-24-16/h7-10,12-13,15,18H,6,11,14H2,1-5H3/t15-,18+/m0/s1. The molecule has 0 fully saturated rings. The molecule has 32 heavy (non-hydrogen) atoms. The van der Waals surface area contributed by atoms with Gasteiger partial charge in [-0.1, -0.05) is 6.07 Å². The maximum atomic E-state index is 12.8. The van der Waals surface area contributed by atoms with Crippen molar-refractivity contribution in [3.63, 3.8) is 0 Å². The molecule has 0 aliphatic carbocycles. The monoisotopic (exact) mass is 443 g/mol. The van der Waals surface area contributed by atoms with Gasteiger partial charge in [0.25, 0.3) is 0 Å². The average Bonchev–Trinajstić information content (AvgIpc) is 2.81. The van der Waals surface area contributed by atoms with Crippen molar-refractivity contribution < 1.29 is 28.5 Å². The molecular weight excluding hydrogens is 414 g/mol. The van der Waals surface area contributed by atoms with Crippen LogP contribution in [0.3, 0.4) is 0 Å². The number of hydrogen-bond acceptors (Lipinski definition) is 7. The molecule has 0 N–H and O–H groups in total. The summed E-state index contributed by atoms with van der Waals surface area (Å²) >= 11 is 0. The third kappa shape index (κ3) is 4.56. The van der Waals surface area contributed by atoms with Crippen LogP contribution in [0, 0.1) is 0 Å². The highest BCUT2D eigenvalue weighted by molar-refractivity contribution is 5.91. The Balaban J connectivity index is 2.14. The summed E-state index contributed by atoms with van der Waals surface area (Å²) in [4.78, 5) is 33.2. The number of amides is 2. The maximum Gasteiger partial charge on any atom is 0.414 e. The molecule has 0 radical (unpaired) electrons. The number of anilines is 1. The van der Waals surface area contributed by atoms with Crippen molar-refractivity contribution in [1.29, 1.82) is 0 Å². The molecule has 3 rings (SSSR count). The summed E-state index contributed by atoms with van der Waals surface area (Å²) in [6, 6.07) is 8.43. The van der Waals surface area contributed by atoms with E-state index in [1.54, 1.807) is 42.2 Å². The molecule has 2 atom stereocenters. The summed E-state index contributed by atoms with van der Waals surface area (Å²) in [6.07, 6.45) is 1.21. The van der Waals surface area contributed by atoms with E-state index in [0.717, 1.165) is 11.3 Å². The van der Waals surface area contributed by atoms with E-state index in [4.69, 9.17) is 18.9 Å².